The van der Waals surface area contributed by atoms with Gasteiger partial charge in [-0.1, -0.05) is 31.4 Å². The lowest BCUT2D eigenvalue weighted by atomic mass is 9.89. The van der Waals surface area contributed by atoms with Crippen molar-refractivity contribution in [1.82, 2.24) is 9.78 Å². The maximum atomic E-state index is 12.1. The zero-order chi connectivity index (χ0) is 16.4. The number of aromatic nitrogens is 2. The number of anilines is 1. The highest BCUT2D eigenvalue weighted by Crippen LogP contribution is 2.32. The van der Waals surface area contributed by atoms with Crippen LogP contribution in [-0.4, -0.2) is 24.5 Å². The first-order chi connectivity index (χ1) is 10.9. The highest BCUT2D eigenvalue weighted by Gasteiger charge is 2.20. The van der Waals surface area contributed by atoms with Gasteiger partial charge in [-0.25, -0.2) is 8.42 Å². The summed E-state index contributed by atoms with van der Waals surface area (Å²) in [6.45, 7) is 0.899. The third-order valence-electron chi connectivity index (χ3n) is 4.53. The Bertz CT molecular complexity index is 790. The van der Waals surface area contributed by atoms with Gasteiger partial charge in [-0.2, -0.15) is 5.10 Å². The van der Waals surface area contributed by atoms with Crippen molar-refractivity contribution in [2.75, 3.05) is 12.0 Å². The van der Waals surface area contributed by atoms with Crippen LogP contribution in [0.4, 0.5) is 5.69 Å². The lowest BCUT2D eigenvalue weighted by Crippen LogP contribution is -2.14. The van der Waals surface area contributed by atoms with Gasteiger partial charge in [0.15, 0.2) is 9.84 Å². The first kappa shape index (κ1) is 16.1. The number of sulfone groups is 1. The molecular weight excluding hydrogens is 310 g/mol. The Hall–Kier alpha value is -1.82. The largest absolute Gasteiger partial charge is 0.398 e. The van der Waals surface area contributed by atoms with Gasteiger partial charge in [0.05, 0.1) is 16.8 Å². The van der Waals surface area contributed by atoms with Crippen LogP contribution < -0.4 is 5.73 Å². The quantitative estimate of drug-likeness (QED) is 0.872. The van der Waals surface area contributed by atoms with Crippen LogP contribution in [0.3, 0.4) is 0 Å². The summed E-state index contributed by atoms with van der Waals surface area (Å²) in [5.41, 5.74) is 7.60. The van der Waals surface area contributed by atoms with Gasteiger partial charge in [-0.3, -0.25) is 4.68 Å². The van der Waals surface area contributed by atoms with Crippen molar-refractivity contribution >= 4 is 15.5 Å². The van der Waals surface area contributed by atoms with E-state index in [4.69, 9.17) is 5.73 Å². The van der Waals surface area contributed by atoms with Crippen LogP contribution in [0.25, 0.3) is 11.1 Å². The minimum atomic E-state index is -3.39. The molecule has 6 heteroatoms. The molecule has 0 spiro atoms. The summed E-state index contributed by atoms with van der Waals surface area (Å²) in [6.07, 6.45) is 11.3. The Morgan fingerprint density at radius 2 is 2.00 bits per heavy atom. The Morgan fingerprint density at radius 3 is 2.70 bits per heavy atom. The molecule has 0 saturated heterocycles. The number of hydrogen-bond donors (Lipinski definition) is 1. The first-order valence-electron chi connectivity index (χ1n) is 8.06. The average Bonchev–Trinajstić information content (AvgIpc) is 2.95. The summed E-state index contributed by atoms with van der Waals surface area (Å²) < 4.78 is 26.1. The summed E-state index contributed by atoms with van der Waals surface area (Å²) in [5.74, 6) is 0.673. The number of hydrogen-bond acceptors (Lipinski definition) is 4. The van der Waals surface area contributed by atoms with E-state index in [0.29, 0.717) is 11.5 Å². The van der Waals surface area contributed by atoms with Gasteiger partial charge in [-0.05, 0) is 24.8 Å². The smallest absolute Gasteiger partial charge is 0.178 e. The van der Waals surface area contributed by atoms with Crippen molar-refractivity contribution < 1.29 is 8.42 Å². The molecular formula is C17H23N3O2S. The van der Waals surface area contributed by atoms with E-state index in [1.54, 1.807) is 24.4 Å². The molecule has 1 heterocycles. The SMILES string of the molecule is CS(=O)(=O)c1c(N)cccc1-c1cnn(CC2CCCCC2)c1. The van der Waals surface area contributed by atoms with Gasteiger partial charge < -0.3 is 5.73 Å². The summed E-state index contributed by atoms with van der Waals surface area (Å²) in [4.78, 5) is 0.192. The van der Waals surface area contributed by atoms with Crippen LogP contribution in [0.5, 0.6) is 0 Å². The van der Waals surface area contributed by atoms with E-state index in [2.05, 4.69) is 5.10 Å². The zero-order valence-electron chi connectivity index (χ0n) is 13.4. The standard InChI is InChI=1S/C17H23N3O2S/c1-23(21,22)17-15(8-5-9-16(17)18)14-10-19-20(12-14)11-13-6-3-2-4-7-13/h5,8-10,12-13H,2-4,6-7,11,18H2,1H3. The van der Waals surface area contributed by atoms with Crippen LogP contribution in [0.2, 0.25) is 0 Å². The van der Waals surface area contributed by atoms with Crippen molar-refractivity contribution in [3.8, 4) is 11.1 Å². The topological polar surface area (TPSA) is 78.0 Å². The number of nitrogens with zero attached hydrogens (tertiary/aromatic N) is 2. The van der Waals surface area contributed by atoms with Crippen LogP contribution in [0, 0.1) is 5.92 Å². The molecule has 0 atom stereocenters. The highest BCUT2D eigenvalue weighted by atomic mass is 32.2. The van der Waals surface area contributed by atoms with Crippen molar-refractivity contribution in [1.29, 1.82) is 0 Å². The Labute approximate surface area is 137 Å². The minimum Gasteiger partial charge on any atom is -0.398 e. The van der Waals surface area contributed by atoms with Gasteiger partial charge in [-0.15, -0.1) is 0 Å². The Morgan fingerprint density at radius 1 is 1.26 bits per heavy atom. The molecule has 124 valence electrons. The van der Waals surface area contributed by atoms with Crippen LogP contribution in [0.1, 0.15) is 32.1 Å². The molecule has 0 aliphatic heterocycles. The molecule has 0 amide bonds. The summed E-state index contributed by atoms with van der Waals surface area (Å²) in [6, 6.07) is 5.18. The van der Waals surface area contributed by atoms with E-state index < -0.39 is 9.84 Å². The maximum absolute atomic E-state index is 12.1. The lowest BCUT2D eigenvalue weighted by Gasteiger charge is -2.21. The molecule has 0 unspecified atom stereocenters. The average molecular weight is 333 g/mol. The molecule has 23 heavy (non-hydrogen) atoms. The van der Waals surface area contributed by atoms with Crippen molar-refractivity contribution in [2.45, 2.75) is 43.5 Å². The second kappa shape index (κ2) is 6.35. The summed E-state index contributed by atoms with van der Waals surface area (Å²) >= 11 is 0. The van der Waals surface area contributed by atoms with Crippen LogP contribution >= 0.6 is 0 Å². The molecule has 2 aromatic rings. The number of rotatable bonds is 4. The molecule has 1 aromatic carbocycles. The van der Waals surface area contributed by atoms with E-state index >= 15 is 0 Å². The third kappa shape index (κ3) is 3.58. The first-order valence-corrected chi connectivity index (χ1v) is 9.95. The van der Waals surface area contributed by atoms with Gasteiger partial charge in [0.2, 0.25) is 0 Å². The van der Waals surface area contributed by atoms with Crippen LogP contribution in [0.15, 0.2) is 35.5 Å². The van der Waals surface area contributed by atoms with Crippen molar-refractivity contribution in [3.05, 3.63) is 30.6 Å². The van der Waals surface area contributed by atoms with Gasteiger partial charge in [0, 0.05) is 30.1 Å². The van der Waals surface area contributed by atoms with E-state index in [0.717, 1.165) is 12.1 Å². The van der Waals surface area contributed by atoms with Gasteiger partial charge in [0.25, 0.3) is 0 Å². The molecule has 2 N–H and O–H groups in total. The fraction of sp³-hybridized carbons (Fsp3) is 0.471. The van der Waals surface area contributed by atoms with Crippen molar-refractivity contribution in [2.24, 2.45) is 5.92 Å². The maximum Gasteiger partial charge on any atom is 0.178 e. The number of nitrogens with two attached hydrogens (primary N) is 1. The van der Waals surface area contributed by atoms with Gasteiger partial charge in [0.1, 0.15) is 0 Å². The molecule has 1 aliphatic carbocycles. The second-order valence-electron chi connectivity index (χ2n) is 6.45. The molecule has 3 rings (SSSR count). The molecule has 0 radical (unpaired) electrons. The van der Waals surface area contributed by atoms with E-state index in [-0.39, 0.29) is 10.6 Å². The molecule has 1 aromatic heterocycles. The predicted octanol–water partition coefficient (Wildman–Crippen LogP) is 3.12. The monoisotopic (exact) mass is 333 g/mol. The highest BCUT2D eigenvalue weighted by molar-refractivity contribution is 7.91. The summed E-state index contributed by atoms with van der Waals surface area (Å²) in [5, 5.41) is 4.42. The van der Waals surface area contributed by atoms with Crippen LogP contribution in [-0.2, 0) is 16.4 Å². The van der Waals surface area contributed by atoms with E-state index in [1.807, 2.05) is 10.9 Å². The minimum absolute atomic E-state index is 0.192. The second-order valence-corrected chi connectivity index (χ2v) is 8.40. The Balaban J connectivity index is 1.90. The lowest BCUT2D eigenvalue weighted by molar-refractivity contribution is 0.308. The number of benzene rings is 1. The molecule has 5 nitrogen and oxygen atoms in total. The summed E-state index contributed by atoms with van der Waals surface area (Å²) in [7, 11) is -3.39. The third-order valence-corrected chi connectivity index (χ3v) is 5.73. The predicted molar refractivity (Wildman–Crippen MR) is 91.8 cm³/mol. The molecule has 1 saturated carbocycles. The molecule has 1 aliphatic rings. The fourth-order valence-corrected chi connectivity index (χ4v) is 4.51. The van der Waals surface area contributed by atoms with E-state index in [9.17, 15) is 8.42 Å². The zero-order valence-corrected chi connectivity index (χ0v) is 14.2. The van der Waals surface area contributed by atoms with Crippen molar-refractivity contribution in [3.63, 3.8) is 0 Å². The Kier molecular flexibility index (Phi) is 4.43. The normalized spacial score (nSPS) is 16.6. The molecule has 1 fully saturated rings. The molecule has 0 bridgehead atoms. The van der Waals surface area contributed by atoms with E-state index in [1.165, 1.54) is 38.4 Å². The fourth-order valence-electron chi connectivity index (χ4n) is 3.43. The number of nitrogen functional groups attached to an aromatic ring is 1. The van der Waals surface area contributed by atoms with Gasteiger partial charge >= 0.3 is 0 Å².